The molecule has 0 aliphatic carbocycles. The fourth-order valence-corrected chi connectivity index (χ4v) is 1.96. The monoisotopic (exact) mass is 298 g/mol. The van der Waals surface area contributed by atoms with Crippen LogP contribution in [-0.4, -0.2) is 30.1 Å². The fraction of sp³-hybridized carbons (Fsp3) is 0.462. The molecule has 0 aliphatic heterocycles. The van der Waals surface area contributed by atoms with Crippen molar-refractivity contribution >= 4 is 29.2 Å². The van der Waals surface area contributed by atoms with Crippen LogP contribution in [-0.2, 0) is 20.7 Å². The van der Waals surface area contributed by atoms with Crippen LogP contribution in [0, 0.1) is 0 Å². The summed E-state index contributed by atoms with van der Waals surface area (Å²) in [5, 5.41) is 8.34. The number of carbonyl (C=O) groups excluding carboxylic acids is 3. The number of thiophene rings is 1. The summed E-state index contributed by atoms with van der Waals surface area (Å²) in [6.07, 6.45) is 0.116. The van der Waals surface area contributed by atoms with Gasteiger partial charge in [-0.2, -0.15) is 11.3 Å². The summed E-state index contributed by atoms with van der Waals surface area (Å²) >= 11 is 1.48. The van der Waals surface area contributed by atoms with Crippen molar-refractivity contribution in [2.45, 2.75) is 32.7 Å². The van der Waals surface area contributed by atoms with E-state index in [1.54, 1.807) is 20.8 Å². The number of amides is 3. The maximum atomic E-state index is 11.4. The van der Waals surface area contributed by atoms with E-state index in [0.29, 0.717) is 0 Å². The molecule has 1 rings (SSSR count). The van der Waals surface area contributed by atoms with Crippen LogP contribution in [0.5, 0.6) is 0 Å². The van der Waals surface area contributed by atoms with Crippen molar-refractivity contribution in [1.82, 2.24) is 10.6 Å². The zero-order valence-corrected chi connectivity index (χ0v) is 12.5. The van der Waals surface area contributed by atoms with Gasteiger partial charge in [-0.25, -0.2) is 4.79 Å². The van der Waals surface area contributed by atoms with Crippen molar-refractivity contribution < 1.29 is 19.1 Å². The van der Waals surface area contributed by atoms with Crippen LogP contribution in [0.25, 0.3) is 0 Å². The van der Waals surface area contributed by atoms with Gasteiger partial charge in [-0.05, 0) is 43.2 Å². The van der Waals surface area contributed by atoms with Crippen LogP contribution in [0.4, 0.5) is 4.79 Å². The fourth-order valence-electron chi connectivity index (χ4n) is 1.29. The van der Waals surface area contributed by atoms with Gasteiger partial charge in [0, 0.05) is 5.54 Å². The van der Waals surface area contributed by atoms with E-state index < -0.39 is 30.1 Å². The number of urea groups is 1. The molecule has 0 radical (unpaired) electrons. The van der Waals surface area contributed by atoms with Crippen molar-refractivity contribution in [3.05, 3.63) is 22.4 Å². The molecule has 7 heteroatoms. The van der Waals surface area contributed by atoms with Crippen molar-refractivity contribution in [2.24, 2.45) is 0 Å². The zero-order chi connectivity index (χ0) is 15.2. The second-order valence-corrected chi connectivity index (χ2v) is 6.00. The number of nitrogens with one attached hydrogen (secondary N) is 2. The molecular formula is C13H18N2O4S. The first-order chi connectivity index (χ1) is 9.26. The molecule has 0 atom stereocenters. The van der Waals surface area contributed by atoms with Gasteiger partial charge in [0.15, 0.2) is 6.61 Å². The summed E-state index contributed by atoms with van der Waals surface area (Å²) in [6.45, 7) is 4.90. The Morgan fingerprint density at radius 1 is 1.30 bits per heavy atom. The van der Waals surface area contributed by atoms with Crippen LogP contribution in [0.2, 0.25) is 0 Å². The highest BCUT2D eigenvalue weighted by molar-refractivity contribution is 7.07. The molecule has 6 nitrogen and oxygen atoms in total. The molecule has 0 spiro atoms. The second-order valence-electron chi connectivity index (χ2n) is 5.22. The predicted molar refractivity (Wildman–Crippen MR) is 75.4 cm³/mol. The average Bonchev–Trinajstić information content (AvgIpc) is 2.76. The SMILES string of the molecule is CC(C)(C)NC(=O)NC(=O)COC(=O)Cc1ccsc1. The van der Waals surface area contributed by atoms with Gasteiger partial charge >= 0.3 is 12.0 Å². The van der Waals surface area contributed by atoms with Crippen LogP contribution in [0.3, 0.4) is 0 Å². The molecule has 1 heterocycles. The number of imide groups is 1. The molecule has 0 unspecified atom stereocenters. The first kappa shape index (κ1) is 16.2. The Hall–Kier alpha value is -1.89. The Balaban J connectivity index is 2.26. The lowest BCUT2D eigenvalue weighted by atomic mass is 10.1. The summed E-state index contributed by atoms with van der Waals surface area (Å²) in [4.78, 5) is 34.2. The average molecular weight is 298 g/mol. The molecule has 0 saturated carbocycles. The number of hydrogen-bond acceptors (Lipinski definition) is 5. The minimum Gasteiger partial charge on any atom is -0.455 e. The molecule has 1 aromatic heterocycles. The van der Waals surface area contributed by atoms with Gasteiger partial charge in [0.1, 0.15) is 0 Å². The first-order valence-corrected chi connectivity index (χ1v) is 6.99. The van der Waals surface area contributed by atoms with Crippen molar-refractivity contribution in [3.63, 3.8) is 0 Å². The predicted octanol–water partition coefficient (Wildman–Crippen LogP) is 1.46. The Kier molecular flexibility index (Phi) is 5.69. The maximum absolute atomic E-state index is 11.4. The zero-order valence-electron chi connectivity index (χ0n) is 11.7. The van der Waals surface area contributed by atoms with Crippen LogP contribution < -0.4 is 10.6 Å². The lowest BCUT2D eigenvalue weighted by Crippen LogP contribution is -2.49. The van der Waals surface area contributed by atoms with E-state index in [4.69, 9.17) is 4.74 Å². The first-order valence-electron chi connectivity index (χ1n) is 6.05. The summed E-state index contributed by atoms with van der Waals surface area (Å²) in [5.74, 6) is -1.17. The highest BCUT2D eigenvalue weighted by Crippen LogP contribution is 2.07. The molecule has 0 fully saturated rings. The van der Waals surface area contributed by atoms with E-state index in [1.807, 2.05) is 16.8 Å². The highest BCUT2D eigenvalue weighted by Gasteiger charge is 2.16. The second kappa shape index (κ2) is 7.04. The lowest BCUT2D eigenvalue weighted by Gasteiger charge is -2.20. The Morgan fingerprint density at radius 2 is 2.00 bits per heavy atom. The van der Waals surface area contributed by atoms with Gasteiger partial charge in [0.2, 0.25) is 0 Å². The topological polar surface area (TPSA) is 84.5 Å². The summed E-state index contributed by atoms with van der Waals surface area (Å²) in [5.41, 5.74) is 0.394. The molecule has 1 aromatic rings. The largest absolute Gasteiger partial charge is 0.455 e. The van der Waals surface area contributed by atoms with E-state index >= 15 is 0 Å². The van der Waals surface area contributed by atoms with Crippen LogP contribution >= 0.6 is 11.3 Å². The van der Waals surface area contributed by atoms with Crippen molar-refractivity contribution in [1.29, 1.82) is 0 Å². The standard InChI is InChI=1S/C13H18N2O4S/c1-13(2,3)15-12(18)14-10(16)7-19-11(17)6-9-4-5-20-8-9/h4-5,8H,6-7H2,1-3H3,(H2,14,15,16,18). The van der Waals surface area contributed by atoms with Gasteiger partial charge in [-0.3, -0.25) is 14.9 Å². The Labute approximate surface area is 121 Å². The molecule has 0 aliphatic rings. The summed E-state index contributed by atoms with van der Waals surface area (Å²) < 4.78 is 4.78. The van der Waals surface area contributed by atoms with Gasteiger partial charge < -0.3 is 10.1 Å². The number of ether oxygens (including phenoxy) is 1. The third-order valence-electron chi connectivity index (χ3n) is 2.03. The molecule has 0 saturated heterocycles. The van der Waals surface area contributed by atoms with Crippen LogP contribution in [0.15, 0.2) is 16.8 Å². The molecule has 110 valence electrons. The maximum Gasteiger partial charge on any atom is 0.321 e. The quantitative estimate of drug-likeness (QED) is 0.824. The molecular weight excluding hydrogens is 280 g/mol. The van der Waals surface area contributed by atoms with E-state index in [0.717, 1.165) is 5.56 Å². The van der Waals surface area contributed by atoms with Gasteiger partial charge in [-0.15, -0.1) is 0 Å². The van der Waals surface area contributed by atoms with Crippen molar-refractivity contribution in [3.8, 4) is 0 Å². The molecule has 3 amide bonds. The summed E-state index contributed by atoms with van der Waals surface area (Å²) in [7, 11) is 0. The molecule has 0 bridgehead atoms. The van der Waals surface area contributed by atoms with E-state index in [-0.39, 0.29) is 6.42 Å². The van der Waals surface area contributed by atoms with Gasteiger partial charge in [-0.1, -0.05) is 0 Å². The van der Waals surface area contributed by atoms with Crippen LogP contribution in [0.1, 0.15) is 26.3 Å². The number of esters is 1. The van der Waals surface area contributed by atoms with E-state index in [9.17, 15) is 14.4 Å². The summed E-state index contributed by atoms with van der Waals surface area (Å²) in [6, 6.07) is 1.19. The minimum absolute atomic E-state index is 0.116. The number of hydrogen-bond donors (Lipinski definition) is 2. The molecule has 20 heavy (non-hydrogen) atoms. The third-order valence-corrected chi connectivity index (χ3v) is 2.77. The highest BCUT2D eigenvalue weighted by atomic mass is 32.1. The smallest absolute Gasteiger partial charge is 0.321 e. The Morgan fingerprint density at radius 3 is 2.55 bits per heavy atom. The minimum atomic E-state index is -0.662. The van der Waals surface area contributed by atoms with Gasteiger partial charge in [0.05, 0.1) is 6.42 Å². The normalized spacial score (nSPS) is 10.8. The van der Waals surface area contributed by atoms with Crippen molar-refractivity contribution in [2.75, 3.05) is 6.61 Å². The number of carbonyl (C=O) groups is 3. The van der Waals surface area contributed by atoms with E-state index in [2.05, 4.69) is 10.6 Å². The number of rotatable bonds is 4. The van der Waals surface area contributed by atoms with E-state index in [1.165, 1.54) is 11.3 Å². The van der Waals surface area contributed by atoms with Gasteiger partial charge in [0.25, 0.3) is 5.91 Å². The third kappa shape index (κ3) is 6.89. The Bertz CT molecular complexity index is 477. The molecule has 2 N–H and O–H groups in total. The molecule has 0 aromatic carbocycles. The lowest BCUT2D eigenvalue weighted by molar-refractivity contribution is -0.147.